The summed E-state index contributed by atoms with van der Waals surface area (Å²) in [7, 11) is 0. The highest BCUT2D eigenvalue weighted by molar-refractivity contribution is 5.03. The summed E-state index contributed by atoms with van der Waals surface area (Å²) in [5, 5.41) is 0. The number of aryl methyl sites for hydroxylation is 1. The van der Waals surface area contributed by atoms with Crippen molar-refractivity contribution >= 4 is 0 Å². The Hall–Kier alpha value is -1.15. The van der Waals surface area contributed by atoms with E-state index >= 15 is 0 Å². The Kier molecular flexibility index (Phi) is 5.68. The molecule has 1 aromatic heterocycles. The predicted molar refractivity (Wildman–Crippen MR) is 60.0 cm³/mol. The van der Waals surface area contributed by atoms with E-state index in [1.807, 2.05) is 18.3 Å². The number of pyridine rings is 1. The van der Waals surface area contributed by atoms with Crippen molar-refractivity contribution < 1.29 is 0 Å². The maximum Gasteiger partial charge on any atom is 0.0403 e. The van der Waals surface area contributed by atoms with Crippen molar-refractivity contribution in [3.05, 3.63) is 42.2 Å². The van der Waals surface area contributed by atoms with Crippen molar-refractivity contribution in [1.29, 1.82) is 0 Å². The van der Waals surface area contributed by atoms with E-state index < -0.39 is 0 Å². The molecule has 0 aliphatic carbocycles. The van der Waals surface area contributed by atoms with E-state index in [0.717, 1.165) is 32.2 Å². The van der Waals surface area contributed by atoms with Crippen molar-refractivity contribution in [2.45, 2.75) is 25.7 Å². The number of hydrogen-bond acceptors (Lipinski definition) is 2. The molecule has 0 aromatic carbocycles. The first kappa shape index (κ1) is 10.9. The first-order valence-corrected chi connectivity index (χ1v) is 5.18. The highest BCUT2D eigenvalue weighted by atomic mass is 14.7. The summed E-state index contributed by atoms with van der Waals surface area (Å²) in [6.45, 7) is 0.747. The molecule has 2 N–H and O–H groups in total. The lowest BCUT2D eigenvalue weighted by molar-refractivity contribution is 0.814. The molecular weight excluding hydrogens is 172 g/mol. The predicted octanol–water partition coefficient (Wildman–Crippen LogP) is 2.31. The van der Waals surface area contributed by atoms with Crippen LogP contribution in [0, 0.1) is 0 Å². The van der Waals surface area contributed by atoms with Gasteiger partial charge in [-0.3, -0.25) is 4.98 Å². The van der Waals surface area contributed by atoms with Gasteiger partial charge in [0.05, 0.1) is 0 Å². The van der Waals surface area contributed by atoms with Crippen molar-refractivity contribution in [3.63, 3.8) is 0 Å². The first-order valence-electron chi connectivity index (χ1n) is 5.18. The maximum atomic E-state index is 5.37. The van der Waals surface area contributed by atoms with Crippen molar-refractivity contribution in [2.75, 3.05) is 6.54 Å². The van der Waals surface area contributed by atoms with Crippen LogP contribution in [0.3, 0.4) is 0 Å². The summed E-state index contributed by atoms with van der Waals surface area (Å²) in [5.41, 5.74) is 6.55. The Balaban J connectivity index is 2.10. The Morgan fingerprint density at radius 2 is 2.07 bits per heavy atom. The van der Waals surface area contributed by atoms with E-state index in [2.05, 4.69) is 23.2 Å². The second-order valence-corrected chi connectivity index (χ2v) is 3.26. The summed E-state index contributed by atoms with van der Waals surface area (Å²) in [5.74, 6) is 0. The molecule has 0 amide bonds. The van der Waals surface area contributed by atoms with Crippen LogP contribution in [-0.4, -0.2) is 11.5 Å². The summed E-state index contributed by atoms with van der Waals surface area (Å²) in [6, 6.07) is 6.06. The number of unbranched alkanes of at least 4 members (excludes halogenated alkanes) is 1. The van der Waals surface area contributed by atoms with E-state index in [-0.39, 0.29) is 0 Å². The molecule has 0 unspecified atom stereocenters. The Morgan fingerprint density at radius 3 is 2.79 bits per heavy atom. The molecule has 0 radical (unpaired) electrons. The van der Waals surface area contributed by atoms with Crippen LogP contribution in [-0.2, 0) is 6.42 Å². The number of hydrogen-bond donors (Lipinski definition) is 1. The molecule has 1 heterocycles. The fraction of sp³-hybridized carbons (Fsp3) is 0.417. The lowest BCUT2D eigenvalue weighted by atomic mass is 10.1. The molecule has 76 valence electrons. The standard InChI is InChI=1S/C12H18N2/c13-10-6-3-1-2-4-8-12-9-5-7-11-14-12/h1,3,5,7,9,11H,2,4,6,8,10,13H2/b3-1+. The Labute approximate surface area is 85.9 Å². The van der Waals surface area contributed by atoms with Gasteiger partial charge in [0.15, 0.2) is 0 Å². The number of rotatable bonds is 6. The molecule has 0 spiro atoms. The summed E-state index contributed by atoms with van der Waals surface area (Å²) < 4.78 is 0. The van der Waals surface area contributed by atoms with Crippen LogP contribution in [0.15, 0.2) is 36.5 Å². The summed E-state index contributed by atoms with van der Waals surface area (Å²) in [4.78, 5) is 4.27. The number of allylic oxidation sites excluding steroid dienone is 1. The zero-order chi connectivity index (χ0) is 10.1. The van der Waals surface area contributed by atoms with Gasteiger partial charge in [0.1, 0.15) is 0 Å². The van der Waals surface area contributed by atoms with Gasteiger partial charge in [0.25, 0.3) is 0 Å². The van der Waals surface area contributed by atoms with Gasteiger partial charge in [0, 0.05) is 11.9 Å². The minimum atomic E-state index is 0.747. The van der Waals surface area contributed by atoms with Gasteiger partial charge in [-0.25, -0.2) is 0 Å². The molecule has 0 aliphatic rings. The quantitative estimate of drug-likeness (QED) is 0.552. The normalized spacial score (nSPS) is 10.9. The minimum absolute atomic E-state index is 0.747. The van der Waals surface area contributed by atoms with Gasteiger partial charge >= 0.3 is 0 Å². The third kappa shape index (κ3) is 4.77. The van der Waals surface area contributed by atoms with E-state index in [1.165, 1.54) is 5.69 Å². The minimum Gasteiger partial charge on any atom is -0.330 e. The van der Waals surface area contributed by atoms with Gasteiger partial charge in [0.2, 0.25) is 0 Å². The highest BCUT2D eigenvalue weighted by Gasteiger charge is 1.90. The molecule has 0 bridgehead atoms. The lowest BCUT2D eigenvalue weighted by Gasteiger charge is -1.96. The average Bonchev–Trinajstić information content (AvgIpc) is 2.25. The van der Waals surface area contributed by atoms with Gasteiger partial charge in [-0.1, -0.05) is 18.2 Å². The van der Waals surface area contributed by atoms with Crippen LogP contribution in [0.1, 0.15) is 25.0 Å². The van der Waals surface area contributed by atoms with Crippen LogP contribution in [0.4, 0.5) is 0 Å². The summed E-state index contributed by atoms with van der Waals surface area (Å²) in [6.07, 6.45) is 10.5. The average molecular weight is 190 g/mol. The molecule has 0 saturated heterocycles. The largest absolute Gasteiger partial charge is 0.330 e. The first-order chi connectivity index (χ1) is 6.93. The van der Waals surface area contributed by atoms with Crippen LogP contribution in [0.2, 0.25) is 0 Å². The van der Waals surface area contributed by atoms with E-state index in [9.17, 15) is 0 Å². The number of nitrogens with two attached hydrogens (primary N) is 1. The molecule has 0 atom stereocenters. The third-order valence-electron chi connectivity index (χ3n) is 2.03. The topological polar surface area (TPSA) is 38.9 Å². The van der Waals surface area contributed by atoms with Gasteiger partial charge in [-0.2, -0.15) is 0 Å². The molecule has 1 rings (SSSR count). The number of nitrogens with zero attached hydrogens (tertiary/aromatic N) is 1. The van der Waals surface area contributed by atoms with E-state index in [0.29, 0.717) is 0 Å². The molecule has 2 nitrogen and oxygen atoms in total. The molecule has 14 heavy (non-hydrogen) atoms. The molecule has 0 saturated carbocycles. The monoisotopic (exact) mass is 190 g/mol. The van der Waals surface area contributed by atoms with Gasteiger partial charge < -0.3 is 5.73 Å². The Bertz CT molecular complexity index is 254. The fourth-order valence-corrected chi connectivity index (χ4v) is 1.28. The van der Waals surface area contributed by atoms with Gasteiger partial charge in [-0.15, -0.1) is 0 Å². The van der Waals surface area contributed by atoms with E-state index in [1.54, 1.807) is 0 Å². The summed E-state index contributed by atoms with van der Waals surface area (Å²) >= 11 is 0. The van der Waals surface area contributed by atoms with Crippen molar-refractivity contribution in [1.82, 2.24) is 4.98 Å². The molecule has 2 heteroatoms. The fourth-order valence-electron chi connectivity index (χ4n) is 1.28. The molecule has 0 aliphatic heterocycles. The van der Waals surface area contributed by atoms with Crippen LogP contribution in [0.25, 0.3) is 0 Å². The van der Waals surface area contributed by atoms with E-state index in [4.69, 9.17) is 5.73 Å². The van der Waals surface area contributed by atoms with Crippen molar-refractivity contribution in [2.24, 2.45) is 5.73 Å². The van der Waals surface area contributed by atoms with Crippen molar-refractivity contribution in [3.8, 4) is 0 Å². The highest BCUT2D eigenvalue weighted by Crippen LogP contribution is 2.01. The number of aromatic nitrogens is 1. The van der Waals surface area contributed by atoms with Gasteiger partial charge in [-0.05, 0) is 44.4 Å². The third-order valence-corrected chi connectivity index (χ3v) is 2.03. The maximum absolute atomic E-state index is 5.37. The SMILES string of the molecule is NCC/C=C/CCCc1ccccn1. The zero-order valence-electron chi connectivity index (χ0n) is 8.52. The van der Waals surface area contributed by atoms with Crippen LogP contribution in [0.5, 0.6) is 0 Å². The molecular formula is C12H18N2. The second kappa shape index (κ2) is 7.27. The zero-order valence-corrected chi connectivity index (χ0v) is 8.52. The molecule has 0 fully saturated rings. The van der Waals surface area contributed by atoms with Crippen LogP contribution < -0.4 is 5.73 Å². The lowest BCUT2D eigenvalue weighted by Crippen LogP contribution is -1.95. The molecule has 1 aromatic rings. The Morgan fingerprint density at radius 1 is 1.21 bits per heavy atom. The second-order valence-electron chi connectivity index (χ2n) is 3.26. The smallest absolute Gasteiger partial charge is 0.0403 e. The van der Waals surface area contributed by atoms with Crippen LogP contribution >= 0.6 is 0 Å².